The monoisotopic (exact) mass is 323 g/mol. The van der Waals surface area contributed by atoms with Gasteiger partial charge in [-0.1, -0.05) is 41.9 Å². The highest BCUT2D eigenvalue weighted by Gasteiger charge is 2.29. The summed E-state index contributed by atoms with van der Waals surface area (Å²) in [5.41, 5.74) is 4.70. The minimum atomic E-state index is 0.548. The summed E-state index contributed by atoms with van der Waals surface area (Å²) in [5.74, 6) is 0. The van der Waals surface area contributed by atoms with E-state index in [4.69, 9.17) is 0 Å². The van der Waals surface area contributed by atoms with Gasteiger partial charge in [0.25, 0.3) is 0 Å². The minimum Gasteiger partial charge on any atom is -0.371 e. The van der Waals surface area contributed by atoms with Crippen LogP contribution in [0.2, 0.25) is 0 Å². The molecule has 0 aliphatic heterocycles. The van der Waals surface area contributed by atoms with E-state index in [0.29, 0.717) is 11.5 Å². The smallest absolute Gasteiger partial charge is 0.0396 e. The molecule has 0 saturated heterocycles. The molecule has 0 aromatic heterocycles. The molecule has 0 N–H and O–H groups in total. The molecule has 19 heavy (non-hydrogen) atoms. The number of benzene rings is 1. The molecular weight excluding hydrogens is 298 g/mol. The highest BCUT2D eigenvalue weighted by molar-refractivity contribution is 9.08. The first-order valence-electron chi connectivity index (χ1n) is 7.31. The first-order chi connectivity index (χ1) is 8.93. The molecule has 1 fully saturated rings. The Labute approximate surface area is 126 Å². The summed E-state index contributed by atoms with van der Waals surface area (Å²) < 4.78 is 0. The van der Waals surface area contributed by atoms with E-state index in [9.17, 15) is 0 Å². The van der Waals surface area contributed by atoms with E-state index in [2.05, 4.69) is 66.8 Å². The van der Waals surface area contributed by atoms with Gasteiger partial charge < -0.3 is 4.90 Å². The van der Waals surface area contributed by atoms with Crippen molar-refractivity contribution in [2.45, 2.75) is 57.8 Å². The molecule has 0 spiro atoms. The second-order valence-corrected chi connectivity index (χ2v) is 7.32. The normalized spacial score (nSPS) is 19.4. The average Bonchev–Trinajstić information content (AvgIpc) is 2.37. The van der Waals surface area contributed by atoms with Crippen molar-refractivity contribution in [3.63, 3.8) is 0 Å². The fraction of sp³-hybridized carbons (Fsp3) is 0.647. The van der Waals surface area contributed by atoms with Gasteiger partial charge in [0, 0.05) is 24.1 Å². The number of rotatable bonds is 3. The van der Waals surface area contributed by atoms with Crippen LogP contribution in [0.4, 0.5) is 5.69 Å². The molecule has 1 aromatic carbocycles. The second kappa shape index (κ2) is 5.87. The second-order valence-electron chi connectivity index (χ2n) is 6.76. The summed E-state index contributed by atoms with van der Waals surface area (Å²) in [4.78, 5) is 2.50. The Kier molecular flexibility index (Phi) is 4.60. The van der Waals surface area contributed by atoms with Crippen LogP contribution in [-0.4, -0.2) is 13.1 Å². The van der Waals surface area contributed by atoms with Gasteiger partial charge in [-0.3, -0.25) is 0 Å². The van der Waals surface area contributed by atoms with E-state index in [-0.39, 0.29) is 0 Å². The maximum atomic E-state index is 3.53. The Balaban J connectivity index is 2.10. The zero-order chi connectivity index (χ0) is 14.0. The topological polar surface area (TPSA) is 3.24 Å². The first kappa shape index (κ1) is 14.9. The number of anilines is 1. The first-order valence-corrected chi connectivity index (χ1v) is 8.43. The van der Waals surface area contributed by atoms with Crippen LogP contribution in [0, 0.1) is 12.3 Å². The van der Waals surface area contributed by atoms with E-state index in [1.165, 1.54) is 42.5 Å². The van der Waals surface area contributed by atoms with Crippen LogP contribution >= 0.6 is 15.9 Å². The summed E-state index contributed by atoms with van der Waals surface area (Å²) in [7, 11) is 2.26. The van der Waals surface area contributed by atoms with Crippen LogP contribution < -0.4 is 4.90 Å². The molecule has 0 radical (unpaired) electrons. The third-order valence-corrected chi connectivity index (χ3v) is 5.30. The molecule has 1 nitrogen and oxygen atoms in total. The Hall–Kier alpha value is -0.500. The van der Waals surface area contributed by atoms with Crippen molar-refractivity contribution in [1.29, 1.82) is 0 Å². The van der Waals surface area contributed by atoms with Crippen LogP contribution in [0.3, 0.4) is 0 Å². The molecule has 0 unspecified atom stereocenters. The van der Waals surface area contributed by atoms with Crippen LogP contribution in [0.5, 0.6) is 0 Å². The SMILES string of the molecule is Cc1cc(CBr)ccc1N(C)C1CCC(C)(C)CC1. The number of aryl methyl sites for hydroxylation is 1. The molecule has 2 heteroatoms. The molecule has 1 aliphatic carbocycles. The standard InChI is InChI=1S/C17H26BrN/c1-13-11-14(12-18)5-6-16(13)19(4)15-7-9-17(2,3)10-8-15/h5-6,11,15H,7-10,12H2,1-4H3. The Morgan fingerprint density at radius 3 is 2.42 bits per heavy atom. The molecule has 0 heterocycles. The predicted octanol–water partition coefficient (Wildman–Crippen LogP) is 5.29. The van der Waals surface area contributed by atoms with Gasteiger partial charge in [0.15, 0.2) is 0 Å². The number of hydrogen-bond donors (Lipinski definition) is 0. The van der Waals surface area contributed by atoms with E-state index in [1.54, 1.807) is 0 Å². The zero-order valence-corrected chi connectivity index (χ0v) is 14.3. The van der Waals surface area contributed by atoms with E-state index in [0.717, 1.165) is 5.33 Å². The molecule has 1 saturated carbocycles. The Morgan fingerprint density at radius 1 is 1.26 bits per heavy atom. The van der Waals surface area contributed by atoms with Crippen molar-refractivity contribution in [1.82, 2.24) is 0 Å². The highest BCUT2D eigenvalue weighted by Crippen LogP contribution is 2.38. The molecule has 106 valence electrons. The van der Waals surface area contributed by atoms with Crippen LogP contribution in [0.1, 0.15) is 50.7 Å². The molecule has 1 aliphatic rings. The number of hydrogen-bond acceptors (Lipinski definition) is 1. The Morgan fingerprint density at radius 2 is 1.89 bits per heavy atom. The van der Waals surface area contributed by atoms with Gasteiger partial charge in [-0.25, -0.2) is 0 Å². The van der Waals surface area contributed by atoms with Gasteiger partial charge in [-0.15, -0.1) is 0 Å². The predicted molar refractivity (Wildman–Crippen MR) is 88.3 cm³/mol. The summed E-state index contributed by atoms with van der Waals surface area (Å²) >= 11 is 3.53. The third kappa shape index (κ3) is 3.53. The Bertz CT molecular complexity index is 429. The summed E-state index contributed by atoms with van der Waals surface area (Å²) in [6.07, 6.45) is 5.34. The van der Waals surface area contributed by atoms with Crippen molar-refractivity contribution >= 4 is 21.6 Å². The van der Waals surface area contributed by atoms with Gasteiger partial charge in [0.2, 0.25) is 0 Å². The number of halogens is 1. The van der Waals surface area contributed by atoms with Gasteiger partial charge in [0.05, 0.1) is 0 Å². The molecule has 2 rings (SSSR count). The maximum absolute atomic E-state index is 3.53. The van der Waals surface area contributed by atoms with Gasteiger partial charge in [-0.05, 0) is 55.2 Å². The number of alkyl halides is 1. The van der Waals surface area contributed by atoms with E-state index < -0.39 is 0 Å². The fourth-order valence-electron chi connectivity index (χ4n) is 3.16. The van der Waals surface area contributed by atoms with Crippen LogP contribution in [-0.2, 0) is 5.33 Å². The van der Waals surface area contributed by atoms with Crippen molar-refractivity contribution in [3.05, 3.63) is 29.3 Å². The molecule has 0 atom stereocenters. The fourth-order valence-corrected chi connectivity index (χ4v) is 3.51. The van der Waals surface area contributed by atoms with Crippen LogP contribution in [0.15, 0.2) is 18.2 Å². The van der Waals surface area contributed by atoms with E-state index in [1.807, 2.05) is 0 Å². The third-order valence-electron chi connectivity index (χ3n) is 4.65. The summed E-state index contributed by atoms with van der Waals surface area (Å²) in [6.45, 7) is 7.03. The van der Waals surface area contributed by atoms with Gasteiger partial charge in [-0.2, -0.15) is 0 Å². The molecular formula is C17H26BrN. The van der Waals surface area contributed by atoms with Crippen molar-refractivity contribution in [2.24, 2.45) is 5.41 Å². The minimum absolute atomic E-state index is 0.548. The lowest BCUT2D eigenvalue weighted by atomic mass is 9.75. The van der Waals surface area contributed by atoms with Crippen LogP contribution in [0.25, 0.3) is 0 Å². The molecule has 1 aromatic rings. The highest BCUT2D eigenvalue weighted by atomic mass is 79.9. The van der Waals surface area contributed by atoms with Crippen molar-refractivity contribution in [2.75, 3.05) is 11.9 Å². The lowest BCUT2D eigenvalue weighted by Crippen LogP contribution is -2.37. The quantitative estimate of drug-likeness (QED) is 0.682. The largest absolute Gasteiger partial charge is 0.371 e. The van der Waals surface area contributed by atoms with Gasteiger partial charge >= 0.3 is 0 Å². The number of nitrogens with zero attached hydrogens (tertiary/aromatic N) is 1. The zero-order valence-electron chi connectivity index (χ0n) is 12.7. The van der Waals surface area contributed by atoms with Crippen molar-refractivity contribution in [3.8, 4) is 0 Å². The molecule has 0 bridgehead atoms. The van der Waals surface area contributed by atoms with Crippen molar-refractivity contribution < 1.29 is 0 Å². The lowest BCUT2D eigenvalue weighted by Gasteiger charge is -2.40. The average molecular weight is 324 g/mol. The summed E-state index contributed by atoms with van der Waals surface area (Å²) in [5, 5.41) is 0.940. The molecule has 0 amide bonds. The lowest BCUT2D eigenvalue weighted by molar-refractivity contribution is 0.222. The van der Waals surface area contributed by atoms with Gasteiger partial charge in [0.1, 0.15) is 0 Å². The maximum Gasteiger partial charge on any atom is 0.0396 e. The summed E-state index contributed by atoms with van der Waals surface area (Å²) in [6, 6.07) is 7.53. The van der Waals surface area contributed by atoms with E-state index >= 15 is 0 Å².